The molecule has 5 heterocycles. The minimum Gasteiger partial charge on any atom is -0.457 e. The van der Waals surface area contributed by atoms with Crippen LogP contribution in [0.25, 0.3) is 0 Å². The van der Waals surface area contributed by atoms with E-state index >= 15 is 0 Å². The molecule has 0 saturated carbocycles. The van der Waals surface area contributed by atoms with Gasteiger partial charge >= 0.3 is 12.1 Å². The van der Waals surface area contributed by atoms with Gasteiger partial charge in [0, 0.05) is 57.4 Å². The van der Waals surface area contributed by atoms with Crippen LogP contribution < -0.4 is 10.2 Å². The third-order valence-corrected chi connectivity index (χ3v) is 16.9. The summed E-state index contributed by atoms with van der Waals surface area (Å²) in [5.74, 6) is -4.51. The zero-order chi connectivity index (χ0) is 54.2. The van der Waals surface area contributed by atoms with Gasteiger partial charge in [-0.3, -0.25) is 43.9 Å². The molecule has 5 aliphatic heterocycles. The van der Waals surface area contributed by atoms with Gasteiger partial charge in [0.05, 0.1) is 86.5 Å². The monoisotopic (exact) mass is 1090 g/mol. The van der Waals surface area contributed by atoms with E-state index < -0.39 is 102 Å². The third kappa shape index (κ3) is 13.7. The van der Waals surface area contributed by atoms with Gasteiger partial charge in [0.1, 0.15) is 23.9 Å². The Bertz CT molecular complexity index is 2380. The fourth-order valence-electron chi connectivity index (χ4n) is 9.49. The number of halogens is 1. The number of alkyl carbamates (subject to hydrolysis) is 1. The number of epoxide rings is 1. The Hall–Kier alpha value is -4.59. The van der Waals surface area contributed by atoms with Crippen LogP contribution in [0.4, 0.5) is 10.5 Å². The summed E-state index contributed by atoms with van der Waals surface area (Å²) < 4.78 is 29.1. The van der Waals surface area contributed by atoms with Gasteiger partial charge < -0.3 is 48.8 Å². The highest BCUT2D eigenvalue weighted by atomic mass is 35.5. The molecule has 7 amide bonds. The number of hydrogen-bond donors (Lipinski definition) is 4. The van der Waals surface area contributed by atoms with Crippen molar-refractivity contribution in [1.29, 1.82) is 0 Å². The van der Waals surface area contributed by atoms with E-state index in [9.17, 15) is 53.7 Å². The first-order valence-corrected chi connectivity index (χ1v) is 27.3. The molecule has 74 heavy (non-hydrogen) atoms. The number of anilines is 1. The predicted octanol–water partition coefficient (Wildman–Crippen LogP) is 2.37. The molecule has 4 N–H and O–H groups in total. The van der Waals surface area contributed by atoms with Crippen LogP contribution in [0, 0.1) is 11.8 Å². The summed E-state index contributed by atoms with van der Waals surface area (Å²) in [5, 5.41) is 34.0. The van der Waals surface area contributed by atoms with Crippen molar-refractivity contribution >= 4 is 88.3 Å². The van der Waals surface area contributed by atoms with Crippen LogP contribution in [0.2, 0.25) is 5.02 Å². The van der Waals surface area contributed by atoms with Gasteiger partial charge in [0.15, 0.2) is 5.72 Å². The molecule has 4 bridgehead atoms. The summed E-state index contributed by atoms with van der Waals surface area (Å²) in [6.07, 6.45) is 2.71. The summed E-state index contributed by atoms with van der Waals surface area (Å²) in [4.78, 5) is 110. The lowest BCUT2D eigenvalue weighted by Gasteiger charge is -2.42. The predicted molar refractivity (Wildman–Crippen MR) is 273 cm³/mol. The average Bonchev–Trinajstić information content (AvgIpc) is 3.88. The Kier molecular flexibility index (Phi) is 20.2. The maximum absolute atomic E-state index is 14.3. The van der Waals surface area contributed by atoms with Crippen LogP contribution in [0.15, 0.2) is 35.9 Å². The first-order valence-electron chi connectivity index (χ1n) is 24.5. The highest BCUT2D eigenvalue weighted by Crippen LogP contribution is 2.49. The van der Waals surface area contributed by atoms with E-state index in [1.807, 2.05) is 6.92 Å². The number of carbonyl (C=O) groups excluding carboxylic acids is 8. The summed E-state index contributed by atoms with van der Waals surface area (Å²) in [6, 6.07) is 2.27. The van der Waals surface area contributed by atoms with Crippen molar-refractivity contribution < 1.29 is 77.4 Å². The zero-order valence-corrected chi connectivity index (χ0v) is 45.1. The van der Waals surface area contributed by atoms with Gasteiger partial charge in [-0.2, -0.15) is 11.8 Å². The number of ether oxygens (including phenoxy) is 5. The Morgan fingerprint density at radius 1 is 0.973 bits per heavy atom. The second kappa shape index (κ2) is 25.5. The Morgan fingerprint density at radius 2 is 1.61 bits per heavy atom. The molecule has 4 saturated heterocycles. The number of nitrogens with one attached hydrogen (secondary N) is 1. The first kappa shape index (κ1) is 58.7. The molecule has 21 nitrogen and oxygen atoms in total. The second-order valence-corrected chi connectivity index (χ2v) is 22.1. The van der Waals surface area contributed by atoms with E-state index in [2.05, 4.69) is 5.32 Å². The first-order chi connectivity index (χ1) is 35.1. The molecule has 5 aliphatic rings. The summed E-state index contributed by atoms with van der Waals surface area (Å²) in [7, 11) is 2.93. The van der Waals surface area contributed by atoms with E-state index in [0.29, 0.717) is 23.2 Å². The lowest BCUT2D eigenvalue weighted by molar-refractivity contribution is -0.162. The number of aliphatic hydroxyl groups excluding tert-OH is 2. The second-order valence-electron chi connectivity index (χ2n) is 19.4. The van der Waals surface area contributed by atoms with Crippen molar-refractivity contribution in [3.8, 4) is 0 Å². The van der Waals surface area contributed by atoms with E-state index in [1.165, 1.54) is 47.5 Å². The molecule has 10 atom stereocenters. The summed E-state index contributed by atoms with van der Waals surface area (Å²) in [6.45, 7) is 6.50. The number of imide groups is 2. The molecule has 4 unspecified atom stereocenters. The van der Waals surface area contributed by atoms with E-state index in [-0.39, 0.29) is 98.9 Å². The highest BCUT2D eigenvalue weighted by molar-refractivity contribution is 8.00. The molecule has 0 radical (unpaired) electrons. The lowest BCUT2D eigenvalue weighted by Crippen LogP contribution is -2.62. The molecule has 6 rings (SSSR count). The Morgan fingerprint density at radius 3 is 2.22 bits per heavy atom. The zero-order valence-electron chi connectivity index (χ0n) is 42.7. The van der Waals surface area contributed by atoms with Gasteiger partial charge in [-0.15, -0.1) is 11.8 Å². The van der Waals surface area contributed by atoms with Gasteiger partial charge in [-0.05, 0) is 50.6 Å². The standard InChI is InChI=1S/C50H68ClN5O16S2/c1-28-9-8-10-33(27-58)50(67)25-35(70-48(66)52-50)29(2)44-49(4,72-44)38(24-40(60)54(6)34-21-31(19-28)20-32(26-57)43(34)51)71-47(65)30(3)53(5)39(59)11-18-74-37-23-42(62)56(46(37)64)13-15-69-17-16-68-14-12-55-41(61)22-36(73-7)45(55)63/h8-10,20-21,29-30,33,35-38,44,57-58,67H,11-19,22-27H2,1-7H3,(H,52,66)/b10-8+,28-9+/t29-,30+,33+,35+,36?,37?,38+,44?,49?,50+/m1/s1. The van der Waals surface area contributed by atoms with Crippen molar-refractivity contribution in [3.05, 3.63) is 52.1 Å². The Labute approximate surface area is 443 Å². The van der Waals surface area contributed by atoms with Crippen LogP contribution in [-0.2, 0) is 70.3 Å². The average molecular weight is 1090 g/mol. The molecular formula is C50H68ClN5O16S2. The van der Waals surface area contributed by atoms with Crippen molar-refractivity contribution in [1.82, 2.24) is 20.0 Å². The quantitative estimate of drug-likeness (QED) is 0.0670. The number of benzene rings is 1. The van der Waals surface area contributed by atoms with Crippen molar-refractivity contribution in [2.24, 2.45) is 11.8 Å². The molecule has 24 heteroatoms. The number of likely N-dealkylation sites (N-methyl/N-ethyl adjacent to an activating group) is 1. The number of thioether (sulfide) groups is 2. The van der Waals surface area contributed by atoms with Crippen LogP contribution in [-0.4, -0.2) is 196 Å². The van der Waals surface area contributed by atoms with Gasteiger partial charge in [-0.1, -0.05) is 48.4 Å². The van der Waals surface area contributed by atoms with E-state index in [4.69, 9.17) is 35.3 Å². The minimum absolute atomic E-state index is 0.0242. The molecule has 1 aromatic rings. The highest BCUT2D eigenvalue weighted by Gasteiger charge is 2.64. The number of hydrogen-bond acceptors (Lipinski definition) is 18. The van der Waals surface area contributed by atoms with Crippen molar-refractivity contribution in [2.75, 3.05) is 77.1 Å². The van der Waals surface area contributed by atoms with Gasteiger partial charge in [0.2, 0.25) is 35.4 Å². The molecule has 0 spiro atoms. The number of carbonyl (C=O) groups is 8. The van der Waals surface area contributed by atoms with Crippen molar-refractivity contribution in [3.63, 3.8) is 0 Å². The van der Waals surface area contributed by atoms with Crippen molar-refractivity contribution in [2.45, 2.75) is 119 Å². The number of esters is 1. The number of allylic oxidation sites excluding steroid dienone is 3. The maximum atomic E-state index is 14.3. The fraction of sp³-hybridized carbons (Fsp3) is 0.640. The molecule has 0 aliphatic carbocycles. The van der Waals surface area contributed by atoms with Crippen LogP contribution in [0.3, 0.4) is 0 Å². The van der Waals surface area contributed by atoms with E-state index in [0.717, 1.165) is 22.2 Å². The van der Waals surface area contributed by atoms with Crippen LogP contribution in [0.5, 0.6) is 0 Å². The van der Waals surface area contributed by atoms with Gasteiger partial charge in [-0.25, -0.2) is 9.59 Å². The van der Waals surface area contributed by atoms with Crippen LogP contribution in [0.1, 0.15) is 70.9 Å². The maximum Gasteiger partial charge on any atom is 0.409 e. The molecule has 4 fully saturated rings. The number of rotatable bonds is 19. The minimum atomic E-state index is -1.92. The van der Waals surface area contributed by atoms with E-state index in [1.54, 1.807) is 50.5 Å². The van der Waals surface area contributed by atoms with Gasteiger partial charge in [0.25, 0.3) is 0 Å². The SMILES string of the molecule is CSC1CC(=O)N(CCOCCOCCN2C(=O)CC(SCCC(=O)N(C)[C@@H](C)C(=O)O[C@H]3CC(=O)N(C)c4cc(cc(CO)c4Cl)C/C(C)=C/C=C/[C@@H](CO)[C@@]4(O)C[C@H](OC(=O)N4)[C@@H](C)C4OC43C)C2=O)C1=O. The summed E-state index contributed by atoms with van der Waals surface area (Å²) in [5.41, 5.74) is -1.06. The Balaban J connectivity index is 1.06. The topological polar surface area (TPSA) is 272 Å². The molecule has 0 aromatic heterocycles. The molecular weight excluding hydrogens is 1030 g/mol. The normalized spacial score (nSPS) is 30.1. The number of amides is 7. The number of likely N-dealkylation sites (tertiary alicyclic amines) is 2. The summed E-state index contributed by atoms with van der Waals surface area (Å²) >= 11 is 9.25. The largest absolute Gasteiger partial charge is 0.457 e. The third-order valence-electron chi connectivity index (χ3n) is 14.3. The fourth-order valence-corrected chi connectivity index (χ4v) is 11.5. The molecule has 408 valence electrons. The van der Waals surface area contributed by atoms with Crippen LogP contribution >= 0.6 is 35.1 Å². The molecule has 1 aromatic carbocycles. The number of fused-ring (bicyclic) bond motifs is 5. The number of nitrogens with zero attached hydrogens (tertiary/aromatic N) is 4. The number of aliphatic hydroxyl groups is 3. The smallest absolute Gasteiger partial charge is 0.409 e. The lowest BCUT2D eigenvalue weighted by atomic mass is 9.81.